The zero-order valence-corrected chi connectivity index (χ0v) is 13.0. The van der Waals surface area contributed by atoms with Gasteiger partial charge in [0.25, 0.3) is 0 Å². The quantitative estimate of drug-likeness (QED) is 0.450. The highest BCUT2D eigenvalue weighted by atomic mass is 32.2. The van der Waals surface area contributed by atoms with Crippen molar-refractivity contribution in [1.29, 1.82) is 0 Å². The first kappa shape index (κ1) is 16.1. The van der Waals surface area contributed by atoms with Crippen LogP contribution in [0.2, 0.25) is 0 Å². The molecule has 0 aromatic carbocycles. The molecule has 0 saturated heterocycles. The molecule has 0 bridgehead atoms. The predicted molar refractivity (Wildman–Crippen MR) is 93.0 cm³/mol. The minimum Gasteiger partial charge on any atom is -0.484 e. The predicted octanol–water partition coefficient (Wildman–Crippen LogP) is 3.21. The second-order valence-corrected chi connectivity index (χ2v) is 7.20. The molecule has 106 valence electrons. The van der Waals surface area contributed by atoms with Crippen LogP contribution in [0.4, 0.5) is 0 Å². The third-order valence-corrected chi connectivity index (χ3v) is 4.04. The van der Waals surface area contributed by atoms with Crippen LogP contribution in [-0.4, -0.2) is 23.0 Å². The molecule has 2 unspecified atom stereocenters. The van der Waals surface area contributed by atoms with Gasteiger partial charge in [-0.2, -0.15) is 0 Å². The Morgan fingerprint density at radius 1 is 1.42 bits per heavy atom. The molecule has 19 heavy (non-hydrogen) atoms. The molecule has 0 aliphatic heterocycles. The van der Waals surface area contributed by atoms with Gasteiger partial charge in [-0.1, -0.05) is 37.3 Å². The van der Waals surface area contributed by atoms with Crippen molar-refractivity contribution < 1.29 is 0 Å². The maximum atomic E-state index is 6.25. The van der Waals surface area contributed by atoms with Crippen LogP contribution in [-0.2, 0) is 10.1 Å². The molecule has 1 nitrogen and oxygen atoms in total. The monoisotopic (exact) mass is 276 g/mol. The van der Waals surface area contributed by atoms with Crippen LogP contribution in [0.1, 0.15) is 26.7 Å². The lowest BCUT2D eigenvalue weighted by molar-refractivity contribution is 0.704. The summed E-state index contributed by atoms with van der Waals surface area (Å²) in [6, 6.07) is 0. The lowest BCUT2D eigenvalue weighted by Crippen LogP contribution is -2.31. The minimum absolute atomic E-state index is 0.0266. The Morgan fingerprint density at radius 3 is 2.68 bits per heavy atom. The summed E-state index contributed by atoms with van der Waals surface area (Å²) in [5.74, 6) is 9.47. The van der Waals surface area contributed by atoms with Crippen LogP contribution in [0.3, 0.4) is 0 Å². The van der Waals surface area contributed by atoms with Gasteiger partial charge in [0.2, 0.25) is 0 Å². The fourth-order valence-electron chi connectivity index (χ4n) is 2.11. The Morgan fingerprint density at radius 2 is 2.11 bits per heavy atom. The largest absolute Gasteiger partial charge is 0.484 e. The lowest BCUT2D eigenvalue weighted by atomic mass is 9.91. The first-order valence-electron chi connectivity index (χ1n) is 6.66. The van der Waals surface area contributed by atoms with Crippen LogP contribution in [0, 0.1) is 5.92 Å². The molecule has 1 aliphatic carbocycles. The van der Waals surface area contributed by atoms with Crippen molar-refractivity contribution in [3.05, 3.63) is 48.1 Å². The van der Waals surface area contributed by atoms with Gasteiger partial charge in [-0.3, -0.25) is 0 Å². The highest BCUT2D eigenvalue weighted by Gasteiger charge is 2.16. The molecule has 1 rings (SSSR count). The average Bonchev–Trinajstić information content (AvgIpc) is 2.45. The van der Waals surface area contributed by atoms with E-state index in [1.165, 1.54) is 11.1 Å². The van der Waals surface area contributed by atoms with E-state index in [4.69, 9.17) is 5.73 Å². The Bertz CT molecular complexity index is 479. The summed E-state index contributed by atoms with van der Waals surface area (Å²) in [7, 11) is -0.0266. The van der Waals surface area contributed by atoms with E-state index in [0.717, 1.165) is 18.6 Å². The Kier molecular flexibility index (Phi) is 5.89. The maximum Gasteiger partial charge on any atom is 0.0505 e. The van der Waals surface area contributed by atoms with E-state index in [1.807, 2.05) is 19.1 Å². The third kappa shape index (κ3) is 5.66. The molecule has 0 fully saturated rings. The molecular weight excluding hydrogens is 250 g/mol. The molecule has 1 aliphatic rings. The van der Waals surface area contributed by atoms with E-state index in [2.05, 4.69) is 43.5 Å². The molecule has 0 aromatic rings. The molecule has 0 saturated carbocycles. The van der Waals surface area contributed by atoms with E-state index in [0.29, 0.717) is 5.92 Å². The van der Waals surface area contributed by atoms with Gasteiger partial charge in [-0.25, -0.2) is 11.7 Å². The van der Waals surface area contributed by atoms with E-state index in [-0.39, 0.29) is 15.6 Å². The molecule has 0 heterocycles. The number of nitrogens with two attached hydrogens (primary N) is 1. The smallest absolute Gasteiger partial charge is 0.0505 e. The highest BCUT2D eigenvalue weighted by molar-refractivity contribution is 7.91. The van der Waals surface area contributed by atoms with E-state index >= 15 is 0 Å². The van der Waals surface area contributed by atoms with Crippen molar-refractivity contribution in [2.45, 2.75) is 32.2 Å². The molecule has 0 radical (unpaired) electrons. The summed E-state index contributed by atoms with van der Waals surface area (Å²) in [5.41, 5.74) is 8.59. The van der Waals surface area contributed by atoms with Gasteiger partial charge in [0, 0.05) is 0 Å². The Balaban J connectivity index is 2.99. The van der Waals surface area contributed by atoms with E-state index < -0.39 is 0 Å². The first-order chi connectivity index (χ1) is 8.84. The second kappa shape index (κ2) is 6.97. The second-order valence-electron chi connectivity index (χ2n) is 5.57. The molecule has 0 spiro atoms. The molecule has 0 amide bonds. The van der Waals surface area contributed by atoms with Crippen LogP contribution in [0.15, 0.2) is 48.1 Å². The lowest BCUT2D eigenvalue weighted by Gasteiger charge is -2.20. The molecule has 2 atom stereocenters. The van der Waals surface area contributed by atoms with E-state index in [9.17, 15) is 0 Å². The summed E-state index contributed by atoms with van der Waals surface area (Å²) in [6.45, 7) is 8.09. The standard InChI is InChI=1S/C17H26NS/c1-6-14(2)12-15-8-7-10-17(3,18)13-16(15)9-11-19(4)5/h6-8,10,13-14H,1,4-5,9,11-12,18H2,2-3H3/q-1. The average molecular weight is 276 g/mol. The third-order valence-electron chi connectivity index (χ3n) is 3.25. The highest BCUT2D eigenvalue weighted by Crippen LogP contribution is 2.27. The van der Waals surface area contributed by atoms with Gasteiger partial charge < -0.3 is 15.8 Å². The van der Waals surface area contributed by atoms with Crippen molar-refractivity contribution >= 4 is 21.8 Å². The van der Waals surface area contributed by atoms with Gasteiger partial charge in [0.1, 0.15) is 0 Å². The van der Waals surface area contributed by atoms with Crippen molar-refractivity contribution in [3.8, 4) is 0 Å². The van der Waals surface area contributed by atoms with Crippen LogP contribution >= 0.6 is 0 Å². The number of hydrogen-bond acceptors (Lipinski definition) is 2. The summed E-state index contributed by atoms with van der Waals surface area (Å²) in [4.78, 5) is 0. The minimum atomic E-state index is -0.369. The topological polar surface area (TPSA) is 26.0 Å². The molecule has 2 N–H and O–H groups in total. The number of hydrogen-bond donors (Lipinski definition) is 1. The van der Waals surface area contributed by atoms with Crippen LogP contribution in [0.25, 0.3) is 0 Å². The SMILES string of the molecule is C=CC(C)CC1=CC=CC(C)(N)C=C1CC[S-](=C)=C. The van der Waals surface area contributed by atoms with Gasteiger partial charge in [0.05, 0.1) is 5.54 Å². The van der Waals surface area contributed by atoms with Gasteiger partial charge >= 0.3 is 0 Å². The van der Waals surface area contributed by atoms with Gasteiger partial charge in [0.15, 0.2) is 0 Å². The summed E-state index contributed by atoms with van der Waals surface area (Å²) in [6.07, 6.45) is 12.5. The summed E-state index contributed by atoms with van der Waals surface area (Å²) >= 11 is 0. The first-order valence-corrected chi connectivity index (χ1v) is 8.39. The number of rotatable bonds is 6. The maximum absolute atomic E-state index is 6.25. The van der Waals surface area contributed by atoms with Crippen LogP contribution < -0.4 is 5.73 Å². The van der Waals surface area contributed by atoms with Crippen molar-refractivity contribution in [3.63, 3.8) is 0 Å². The fourth-order valence-corrected chi connectivity index (χ4v) is 2.62. The van der Waals surface area contributed by atoms with E-state index in [1.54, 1.807) is 0 Å². The zero-order valence-electron chi connectivity index (χ0n) is 12.2. The Labute approximate surface area is 120 Å². The van der Waals surface area contributed by atoms with Crippen molar-refractivity contribution in [1.82, 2.24) is 0 Å². The number of allylic oxidation sites excluding steroid dienone is 5. The molecule has 0 aromatic heterocycles. The fraction of sp³-hybridized carbons (Fsp3) is 0.412. The normalized spacial score (nSPS) is 24.6. The summed E-state index contributed by atoms with van der Waals surface area (Å²) in [5, 5.41) is 0. The van der Waals surface area contributed by atoms with Crippen molar-refractivity contribution in [2.75, 3.05) is 5.75 Å². The van der Waals surface area contributed by atoms with Crippen molar-refractivity contribution in [2.24, 2.45) is 11.7 Å². The Hall–Kier alpha value is -0.990. The molecular formula is C17H26NS-. The van der Waals surface area contributed by atoms with Gasteiger partial charge in [-0.05, 0) is 36.8 Å². The molecule has 2 heteroatoms. The summed E-state index contributed by atoms with van der Waals surface area (Å²) < 4.78 is 0. The zero-order chi connectivity index (χ0) is 14.5. The van der Waals surface area contributed by atoms with Crippen LogP contribution in [0.5, 0.6) is 0 Å². The van der Waals surface area contributed by atoms with Gasteiger partial charge in [-0.15, -0.1) is 12.3 Å².